The number of rotatable bonds is 2. The summed E-state index contributed by atoms with van der Waals surface area (Å²) in [5, 5.41) is 11.5. The molecule has 0 aromatic heterocycles. The number of aliphatic carboxylic acids is 1. The van der Waals surface area contributed by atoms with Crippen LogP contribution in [0.2, 0.25) is 0 Å². The summed E-state index contributed by atoms with van der Waals surface area (Å²) in [4.78, 5) is 26.2. The number of benzene rings is 1. The first-order chi connectivity index (χ1) is 10.6. The van der Waals surface area contributed by atoms with Crippen molar-refractivity contribution < 1.29 is 14.7 Å². The quantitative estimate of drug-likeness (QED) is 0.757. The lowest BCUT2D eigenvalue weighted by Crippen LogP contribution is -2.47. The van der Waals surface area contributed by atoms with Crippen LogP contribution in [0.5, 0.6) is 0 Å². The smallest absolute Gasteiger partial charge is 0.227 e. The van der Waals surface area contributed by atoms with E-state index in [9.17, 15) is 14.7 Å². The van der Waals surface area contributed by atoms with Crippen molar-refractivity contribution in [2.75, 3.05) is 6.54 Å². The van der Waals surface area contributed by atoms with Crippen LogP contribution in [-0.4, -0.2) is 23.3 Å². The standard InChI is InChI=1S/C18H19NO3/c20-17(15-12-5-6-13(9-12)16(15)18(21)22)19-8-7-11-3-1-2-4-14(11)10-19/h1-6,12-13,15-16H,7-10H2,(H,21,22)/p-1/t12-,13-,15-,16+/m1/s1. The van der Waals surface area contributed by atoms with Crippen molar-refractivity contribution in [1.82, 2.24) is 4.90 Å². The molecule has 3 aliphatic rings. The predicted molar refractivity (Wildman–Crippen MR) is 78.3 cm³/mol. The van der Waals surface area contributed by atoms with Crippen molar-refractivity contribution in [3.63, 3.8) is 0 Å². The lowest BCUT2D eigenvalue weighted by atomic mass is 9.81. The molecular weight excluding hydrogens is 278 g/mol. The molecular formula is C18H18NO3-. The van der Waals surface area contributed by atoms with Gasteiger partial charge in [-0.15, -0.1) is 0 Å². The lowest BCUT2D eigenvalue weighted by molar-refractivity contribution is -0.313. The molecule has 1 fully saturated rings. The number of nitrogens with zero attached hydrogens (tertiary/aromatic N) is 1. The summed E-state index contributed by atoms with van der Waals surface area (Å²) in [7, 11) is 0. The number of fused-ring (bicyclic) bond motifs is 3. The van der Waals surface area contributed by atoms with Crippen LogP contribution < -0.4 is 5.11 Å². The third kappa shape index (κ3) is 1.97. The van der Waals surface area contributed by atoms with Crippen LogP contribution in [-0.2, 0) is 22.6 Å². The topological polar surface area (TPSA) is 60.4 Å². The van der Waals surface area contributed by atoms with E-state index in [2.05, 4.69) is 6.07 Å². The number of carboxylic acid groups (broad SMARTS) is 1. The molecule has 2 aliphatic carbocycles. The average molecular weight is 296 g/mol. The number of allylic oxidation sites excluding steroid dienone is 2. The van der Waals surface area contributed by atoms with E-state index < -0.39 is 17.8 Å². The summed E-state index contributed by atoms with van der Waals surface area (Å²) in [6.45, 7) is 1.26. The molecule has 22 heavy (non-hydrogen) atoms. The number of hydrogen-bond acceptors (Lipinski definition) is 3. The third-order valence-electron chi connectivity index (χ3n) is 5.46. The Bertz CT molecular complexity index is 666. The first-order valence-corrected chi connectivity index (χ1v) is 7.90. The summed E-state index contributed by atoms with van der Waals surface area (Å²) in [5.41, 5.74) is 2.46. The van der Waals surface area contributed by atoms with E-state index in [1.807, 2.05) is 35.3 Å². The van der Waals surface area contributed by atoms with Gasteiger partial charge in [0.2, 0.25) is 5.91 Å². The van der Waals surface area contributed by atoms with E-state index in [4.69, 9.17) is 0 Å². The zero-order chi connectivity index (χ0) is 15.3. The molecule has 4 heteroatoms. The van der Waals surface area contributed by atoms with Gasteiger partial charge in [-0.3, -0.25) is 4.79 Å². The highest BCUT2D eigenvalue weighted by Gasteiger charge is 2.49. The van der Waals surface area contributed by atoms with Gasteiger partial charge in [-0.25, -0.2) is 0 Å². The highest BCUT2D eigenvalue weighted by Crippen LogP contribution is 2.48. The summed E-state index contributed by atoms with van der Waals surface area (Å²) in [5.74, 6) is -2.14. The minimum Gasteiger partial charge on any atom is -0.550 e. The summed E-state index contributed by atoms with van der Waals surface area (Å²) < 4.78 is 0. The lowest BCUT2D eigenvalue weighted by Gasteiger charge is -2.35. The Morgan fingerprint density at radius 3 is 2.45 bits per heavy atom. The molecule has 1 aromatic carbocycles. The van der Waals surface area contributed by atoms with Crippen molar-refractivity contribution in [1.29, 1.82) is 0 Å². The number of carbonyl (C=O) groups is 2. The van der Waals surface area contributed by atoms with Crippen molar-refractivity contribution in [3.8, 4) is 0 Å². The maximum Gasteiger partial charge on any atom is 0.227 e. The largest absolute Gasteiger partial charge is 0.550 e. The molecule has 2 bridgehead atoms. The molecule has 1 saturated carbocycles. The fourth-order valence-corrected chi connectivity index (χ4v) is 4.37. The molecule has 0 unspecified atom stereocenters. The van der Waals surface area contributed by atoms with Crippen molar-refractivity contribution in [3.05, 3.63) is 47.5 Å². The maximum atomic E-state index is 12.9. The molecule has 4 atom stereocenters. The zero-order valence-corrected chi connectivity index (χ0v) is 12.3. The van der Waals surface area contributed by atoms with E-state index in [-0.39, 0.29) is 17.7 Å². The Balaban J connectivity index is 1.58. The van der Waals surface area contributed by atoms with Crippen LogP contribution in [0.25, 0.3) is 0 Å². The van der Waals surface area contributed by atoms with Gasteiger partial charge < -0.3 is 14.8 Å². The van der Waals surface area contributed by atoms with E-state index in [1.54, 1.807) is 0 Å². The Kier molecular flexibility index (Phi) is 3.06. The summed E-state index contributed by atoms with van der Waals surface area (Å²) >= 11 is 0. The monoisotopic (exact) mass is 296 g/mol. The molecule has 0 spiro atoms. The second kappa shape index (κ2) is 4.97. The fourth-order valence-electron chi connectivity index (χ4n) is 4.37. The molecule has 4 nitrogen and oxygen atoms in total. The van der Waals surface area contributed by atoms with Crippen molar-refractivity contribution in [2.45, 2.75) is 19.4 Å². The van der Waals surface area contributed by atoms with Crippen molar-refractivity contribution >= 4 is 11.9 Å². The second-order valence-corrected chi connectivity index (χ2v) is 6.60. The minimum atomic E-state index is -1.08. The molecule has 114 valence electrons. The SMILES string of the molecule is O=C([O-])[C@@H]1[C@H](C(=O)N2CCc3ccccc3C2)[C@@H]2C=C[C@@H]1C2. The normalized spacial score (nSPS) is 32.1. The van der Waals surface area contributed by atoms with Gasteiger partial charge in [0.15, 0.2) is 0 Å². The van der Waals surface area contributed by atoms with Crippen LogP contribution in [0, 0.1) is 23.7 Å². The van der Waals surface area contributed by atoms with Gasteiger partial charge >= 0.3 is 0 Å². The Labute approximate surface area is 129 Å². The van der Waals surface area contributed by atoms with E-state index >= 15 is 0 Å². The van der Waals surface area contributed by atoms with Gasteiger partial charge in [0.25, 0.3) is 0 Å². The molecule has 1 amide bonds. The van der Waals surface area contributed by atoms with E-state index in [0.29, 0.717) is 13.1 Å². The van der Waals surface area contributed by atoms with Crippen molar-refractivity contribution in [2.24, 2.45) is 23.7 Å². The number of amides is 1. The first kappa shape index (κ1) is 13.6. The highest BCUT2D eigenvalue weighted by atomic mass is 16.4. The van der Waals surface area contributed by atoms with Gasteiger partial charge in [0, 0.05) is 25.0 Å². The highest BCUT2D eigenvalue weighted by molar-refractivity contribution is 5.86. The van der Waals surface area contributed by atoms with Gasteiger partial charge in [-0.05, 0) is 35.8 Å². The molecule has 0 N–H and O–H groups in total. The predicted octanol–water partition coefficient (Wildman–Crippen LogP) is 0.760. The molecule has 0 saturated heterocycles. The molecule has 1 heterocycles. The number of hydrogen-bond donors (Lipinski definition) is 0. The average Bonchev–Trinajstić information content (AvgIpc) is 3.14. The zero-order valence-electron chi connectivity index (χ0n) is 12.3. The number of carboxylic acids is 1. The molecule has 4 rings (SSSR count). The third-order valence-corrected chi connectivity index (χ3v) is 5.46. The van der Waals surface area contributed by atoms with Gasteiger partial charge in [0.1, 0.15) is 0 Å². The molecule has 0 radical (unpaired) electrons. The molecule has 1 aromatic rings. The maximum absolute atomic E-state index is 12.9. The van der Waals surface area contributed by atoms with Gasteiger partial charge in [-0.1, -0.05) is 36.4 Å². The van der Waals surface area contributed by atoms with Gasteiger partial charge in [0.05, 0.1) is 5.92 Å². The second-order valence-electron chi connectivity index (χ2n) is 6.60. The summed E-state index contributed by atoms with van der Waals surface area (Å²) in [6, 6.07) is 8.15. The number of carbonyl (C=O) groups excluding carboxylic acids is 2. The summed E-state index contributed by atoms with van der Waals surface area (Å²) in [6.07, 6.45) is 5.58. The van der Waals surface area contributed by atoms with Crippen LogP contribution >= 0.6 is 0 Å². The van der Waals surface area contributed by atoms with Gasteiger partial charge in [-0.2, -0.15) is 0 Å². The minimum absolute atomic E-state index is 0.0134. The Morgan fingerprint density at radius 1 is 1.05 bits per heavy atom. The van der Waals surface area contributed by atoms with Crippen LogP contribution in [0.15, 0.2) is 36.4 Å². The van der Waals surface area contributed by atoms with E-state index in [0.717, 1.165) is 12.8 Å². The van der Waals surface area contributed by atoms with Crippen LogP contribution in [0.1, 0.15) is 17.5 Å². The Morgan fingerprint density at radius 2 is 1.73 bits per heavy atom. The Hall–Kier alpha value is -2.10. The first-order valence-electron chi connectivity index (χ1n) is 7.90. The van der Waals surface area contributed by atoms with Crippen LogP contribution in [0.3, 0.4) is 0 Å². The van der Waals surface area contributed by atoms with E-state index in [1.165, 1.54) is 11.1 Å². The fraction of sp³-hybridized carbons (Fsp3) is 0.444. The molecule has 1 aliphatic heterocycles. The van der Waals surface area contributed by atoms with Crippen LogP contribution in [0.4, 0.5) is 0 Å².